The molecule has 7 nitrogen and oxygen atoms in total. The Labute approximate surface area is 207 Å². The van der Waals surface area contributed by atoms with Crippen molar-refractivity contribution in [1.82, 2.24) is 0 Å². The molecule has 7 heteroatoms. The number of esters is 1. The fraction of sp³-hybridized carbons (Fsp3) is 0.500. The number of phenols is 1. The number of aromatic hydroxyl groups is 1. The van der Waals surface area contributed by atoms with E-state index in [4.69, 9.17) is 18.9 Å². The summed E-state index contributed by atoms with van der Waals surface area (Å²) in [5, 5.41) is 11.3. The van der Waals surface area contributed by atoms with Crippen LogP contribution in [0.5, 0.6) is 17.2 Å². The molecule has 0 aromatic heterocycles. The molecule has 0 bridgehead atoms. The Morgan fingerprint density at radius 1 is 1.03 bits per heavy atom. The average Bonchev–Trinajstić information content (AvgIpc) is 3.12. The largest absolute Gasteiger partial charge is 0.507 e. The van der Waals surface area contributed by atoms with Crippen LogP contribution in [0.3, 0.4) is 0 Å². The molecule has 0 aliphatic carbocycles. The van der Waals surface area contributed by atoms with Gasteiger partial charge in [0.25, 0.3) is 5.79 Å². The molecule has 3 atom stereocenters. The first kappa shape index (κ1) is 24.9. The number of fused-ring (bicyclic) bond motifs is 2. The number of carbonyl (C=O) groups is 1. The first-order chi connectivity index (χ1) is 16.2. The Bertz CT molecular complexity index is 1170. The first-order valence-corrected chi connectivity index (χ1v) is 11.7. The molecule has 0 amide bonds. The van der Waals surface area contributed by atoms with Crippen molar-refractivity contribution in [2.24, 2.45) is 4.99 Å². The van der Waals surface area contributed by atoms with Crippen LogP contribution in [-0.4, -0.2) is 43.0 Å². The molecular weight excluding hydrogens is 446 g/mol. The minimum atomic E-state index is -1.55. The van der Waals surface area contributed by atoms with E-state index in [0.29, 0.717) is 11.5 Å². The number of hydrogen-bond donors (Lipinski definition) is 1. The monoisotopic (exact) mass is 481 g/mol. The summed E-state index contributed by atoms with van der Waals surface area (Å²) in [6, 6.07) is 9.40. The molecule has 0 saturated carbocycles. The SMILES string of the molecule is COC(=O)[C@]12N=CO[C@@]1(C)Oc1ccc(OC)cc1[C@H]2c1cc(C(C)(C)C)c(O)c(C(C)(C)C)c1. The summed E-state index contributed by atoms with van der Waals surface area (Å²) in [4.78, 5) is 18.2. The summed E-state index contributed by atoms with van der Waals surface area (Å²) in [7, 11) is 2.93. The van der Waals surface area contributed by atoms with Crippen molar-refractivity contribution in [3.8, 4) is 17.2 Å². The van der Waals surface area contributed by atoms with Crippen LogP contribution in [-0.2, 0) is 25.1 Å². The maximum absolute atomic E-state index is 13.6. The van der Waals surface area contributed by atoms with Crippen LogP contribution in [0.2, 0.25) is 0 Å². The molecule has 2 aliphatic heterocycles. The maximum atomic E-state index is 13.6. The van der Waals surface area contributed by atoms with Gasteiger partial charge in [-0.3, -0.25) is 0 Å². The summed E-state index contributed by atoms with van der Waals surface area (Å²) in [5.74, 6) is -1.21. The summed E-state index contributed by atoms with van der Waals surface area (Å²) in [6.45, 7) is 14.0. The van der Waals surface area contributed by atoms with Crippen molar-refractivity contribution in [1.29, 1.82) is 0 Å². The standard InChI is InChI=1S/C28H35NO6/c1-25(2,3)19-12-16(13-20(23(19)30)26(4,5)6)22-18-14-17(32-8)10-11-21(18)35-27(7)28(22,24(31)33-9)29-15-34-27/h10-15,22,30H,1-9H3/t22-,27+,28+/m1/s1. The zero-order valence-corrected chi connectivity index (χ0v) is 22.0. The summed E-state index contributed by atoms with van der Waals surface area (Å²) in [6.07, 6.45) is 1.27. The highest BCUT2D eigenvalue weighted by Crippen LogP contribution is 2.57. The van der Waals surface area contributed by atoms with Gasteiger partial charge >= 0.3 is 5.97 Å². The molecule has 2 aromatic carbocycles. The van der Waals surface area contributed by atoms with Crippen molar-refractivity contribution < 1.29 is 28.8 Å². The van der Waals surface area contributed by atoms with E-state index in [9.17, 15) is 9.90 Å². The van der Waals surface area contributed by atoms with Crippen molar-refractivity contribution >= 4 is 12.4 Å². The van der Waals surface area contributed by atoms with E-state index in [1.165, 1.54) is 13.5 Å². The van der Waals surface area contributed by atoms with Gasteiger partial charge in [0.15, 0.2) is 6.40 Å². The topological polar surface area (TPSA) is 86.6 Å². The fourth-order valence-electron chi connectivity index (χ4n) is 5.16. The Kier molecular flexibility index (Phi) is 5.62. The minimum absolute atomic E-state index is 0.257. The third-order valence-corrected chi connectivity index (χ3v) is 7.05. The number of rotatable bonds is 3. The second kappa shape index (κ2) is 7.90. The fourth-order valence-corrected chi connectivity index (χ4v) is 5.16. The highest BCUT2D eigenvalue weighted by Gasteiger charge is 2.70. The Morgan fingerprint density at radius 3 is 2.14 bits per heavy atom. The lowest BCUT2D eigenvalue weighted by Crippen LogP contribution is -2.64. The van der Waals surface area contributed by atoms with E-state index in [-0.39, 0.29) is 16.6 Å². The zero-order valence-electron chi connectivity index (χ0n) is 22.0. The second-order valence-electron chi connectivity index (χ2n) is 11.5. The van der Waals surface area contributed by atoms with Gasteiger partial charge in [0.1, 0.15) is 17.2 Å². The zero-order chi connectivity index (χ0) is 26.0. The van der Waals surface area contributed by atoms with Crippen LogP contribution in [0.1, 0.15) is 76.6 Å². The van der Waals surface area contributed by atoms with Gasteiger partial charge in [-0.15, -0.1) is 0 Å². The van der Waals surface area contributed by atoms with E-state index in [1.54, 1.807) is 20.1 Å². The van der Waals surface area contributed by atoms with Gasteiger partial charge in [-0.1, -0.05) is 53.7 Å². The molecule has 2 aliphatic rings. The summed E-state index contributed by atoms with van der Waals surface area (Å²) < 4.78 is 23.0. The summed E-state index contributed by atoms with van der Waals surface area (Å²) >= 11 is 0. The quantitative estimate of drug-likeness (QED) is 0.606. The molecule has 0 saturated heterocycles. The van der Waals surface area contributed by atoms with Gasteiger partial charge < -0.3 is 24.1 Å². The van der Waals surface area contributed by atoms with Gasteiger partial charge in [-0.05, 0) is 45.7 Å². The average molecular weight is 482 g/mol. The molecular formula is C28H35NO6. The molecule has 2 heterocycles. The lowest BCUT2D eigenvalue weighted by atomic mass is 9.67. The molecule has 188 valence electrons. The number of hydrogen-bond acceptors (Lipinski definition) is 7. The van der Waals surface area contributed by atoms with E-state index in [1.807, 2.05) is 24.3 Å². The van der Waals surface area contributed by atoms with E-state index >= 15 is 0 Å². The van der Waals surface area contributed by atoms with Crippen molar-refractivity contribution in [3.05, 3.63) is 52.6 Å². The molecule has 0 spiro atoms. The number of nitrogens with zero attached hydrogens (tertiary/aromatic N) is 1. The van der Waals surface area contributed by atoms with Gasteiger partial charge in [0.05, 0.1) is 20.1 Å². The van der Waals surface area contributed by atoms with Crippen LogP contribution in [0, 0.1) is 0 Å². The number of phenolic OH excluding ortho intramolecular Hbond substituents is 1. The second-order valence-corrected chi connectivity index (χ2v) is 11.5. The highest BCUT2D eigenvalue weighted by molar-refractivity contribution is 5.89. The molecule has 4 rings (SSSR count). The molecule has 0 radical (unpaired) electrons. The van der Waals surface area contributed by atoms with E-state index in [0.717, 1.165) is 22.3 Å². The highest BCUT2D eigenvalue weighted by atomic mass is 16.7. The summed E-state index contributed by atoms with van der Waals surface area (Å²) in [5.41, 5.74) is 0.803. The third-order valence-electron chi connectivity index (χ3n) is 7.05. The molecule has 0 unspecified atom stereocenters. The van der Waals surface area contributed by atoms with Crippen molar-refractivity contribution in [2.45, 2.75) is 76.5 Å². The molecule has 0 fully saturated rings. The predicted molar refractivity (Wildman–Crippen MR) is 134 cm³/mol. The van der Waals surface area contributed by atoms with E-state index < -0.39 is 23.2 Å². The van der Waals surface area contributed by atoms with Gasteiger partial charge in [0.2, 0.25) is 5.54 Å². The third kappa shape index (κ3) is 3.63. The van der Waals surface area contributed by atoms with Gasteiger partial charge in [-0.25, -0.2) is 9.79 Å². The van der Waals surface area contributed by atoms with Crippen LogP contribution in [0.25, 0.3) is 0 Å². The van der Waals surface area contributed by atoms with Crippen LogP contribution < -0.4 is 9.47 Å². The van der Waals surface area contributed by atoms with Crippen LogP contribution in [0.4, 0.5) is 0 Å². The predicted octanol–water partition coefficient (Wildman–Crippen LogP) is 5.21. The smallest absolute Gasteiger partial charge is 0.343 e. The van der Waals surface area contributed by atoms with E-state index in [2.05, 4.69) is 46.5 Å². The number of methoxy groups -OCH3 is 2. The van der Waals surface area contributed by atoms with Crippen LogP contribution in [0.15, 0.2) is 35.3 Å². The Hall–Kier alpha value is -3.22. The lowest BCUT2D eigenvalue weighted by molar-refractivity contribution is -0.186. The van der Waals surface area contributed by atoms with Gasteiger partial charge in [-0.2, -0.15) is 0 Å². The first-order valence-electron chi connectivity index (χ1n) is 11.7. The Balaban J connectivity index is 2.14. The number of benzene rings is 2. The van der Waals surface area contributed by atoms with Crippen LogP contribution >= 0.6 is 0 Å². The normalized spacial score (nSPS) is 25.2. The number of aliphatic imine (C=N–C) groups is 1. The Morgan fingerprint density at radius 2 is 1.63 bits per heavy atom. The maximum Gasteiger partial charge on any atom is 0.343 e. The minimum Gasteiger partial charge on any atom is -0.507 e. The van der Waals surface area contributed by atoms with Crippen molar-refractivity contribution in [3.63, 3.8) is 0 Å². The molecule has 2 aromatic rings. The van der Waals surface area contributed by atoms with Gasteiger partial charge in [0, 0.05) is 12.5 Å². The molecule has 35 heavy (non-hydrogen) atoms. The van der Waals surface area contributed by atoms with Crippen molar-refractivity contribution in [2.75, 3.05) is 14.2 Å². The number of carbonyl (C=O) groups excluding carboxylic acids is 1. The molecule has 1 N–H and O–H groups in total. The number of ether oxygens (including phenoxy) is 4. The lowest BCUT2D eigenvalue weighted by Gasteiger charge is -2.47.